The molecular formula is C13H17ClN2O2. The molecule has 2 rings (SSSR count). The van der Waals surface area contributed by atoms with E-state index in [1.807, 2.05) is 6.92 Å². The standard InChI is InChI=1S/C13H17ClN2O2/c1-13(5-2-6-18-8-13)16-12(17)10-4-3-9(14)7-11(10)15/h3-4,7H,2,5-6,8,15H2,1H3,(H,16,17). The maximum Gasteiger partial charge on any atom is 0.253 e. The first kappa shape index (κ1) is 13.2. The van der Waals surface area contributed by atoms with Crippen LogP contribution in [0.2, 0.25) is 5.02 Å². The van der Waals surface area contributed by atoms with Crippen LogP contribution in [0.1, 0.15) is 30.1 Å². The molecular weight excluding hydrogens is 252 g/mol. The first-order chi connectivity index (χ1) is 8.50. The third-order valence-corrected chi connectivity index (χ3v) is 3.35. The summed E-state index contributed by atoms with van der Waals surface area (Å²) in [7, 11) is 0. The Bertz CT molecular complexity index is 456. The van der Waals surface area contributed by atoms with E-state index in [2.05, 4.69) is 5.32 Å². The quantitative estimate of drug-likeness (QED) is 0.809. The zero-order valence-electron chi connectivity index (χ0n) is 10.3. The number of hydrogen-bond donors (Lipinski definition) is 2. The van der Waals surface area contributed by atoms with Gasteiger partial charge in [0.15, 0.2) is 0 Å². The van der Waals surface area contributed by atoms with Gasteiger partial charge in [-0.05, 0) is 38.0 Å². The monoisotopic (exact) mass is 268 g/mol. The Morgan fingerprint density at radius 2 is 2.33 bits per heavy atom. The Morgan fingerprint density at radius 3 is 2.94 bits per heavy atom. The highest BCUT2D eigenvalue weighted by atomic mass is 35.5. The molecule has 0 saturated carbocycles. The zero-order valence-corrected chi connectivity index (χ0v) is 11.1. The molecule has 0 aromatic heterocycles. The second kappa shape index (κ2) is 5.16. The summed E-state index contributed by atoms with van der Waals surface area (Å²) in [5.41, 5.74) is 6.32. The van der Waals surface area contributed by atoms with Gasteiger partial charge in [-0.25, -0.2) is 0 Å². The molecule has 1 fully saturated rings. The van der Waals surface area contributed by atoms with Crippen LogP contribution in [-0.4, -0.2) is 24.7 Å². The molecule has 1 aromatic carbocycles. The second-order valence-corrected chi connectivity index (χ2v) is 5.34. The van der Waals surface area contributed by atoms with Gasteiger partial charge in [-0.2, -0.15) is 0 Å². The highest BCUT2D eigenvalue weighted by molar-refractivity contribution is 6.31. The molecule has 1 saturated heterocycles. The summed E-state index contributed by atoms with van der Waals surface area (Å²) in [4.78, 5) is 12.2. The summed E-state index contributed by atoms with van der Waals surface area (Å²) in [6, 6.07) is 4.88. The Morgan fingerprint density at radius 1 is 1.56 bits per heavy atom. The highest BCUT2D eigenvalue weighted by Crippen LogP contribution is 2.22. The van der Waals surface area contributed by atoms with Gasteiger partial charge in [-0.15, -0.1) is 0 Å². The molecule has 1 aliphatic heterocycles. The molecule has 1 atom stereocenters. The number of amides is 1. The Hall–Kier alpha value is -1.26. The molecule has 1 heterocycles. The fourth-order valence-electron chi connectivity index (χ4n) is 2.11. The minimum Gasteiger partial charge on any atom is -0.398 e. The van der Waals surface area contributed by atoms with Crippen molar-refractivity contribution in [2.24, 2.45) is 0 Å². The molecule has 18 heavy (non-hydrogen) atoms. The predicted molar refractivity (Wildman–Crippen MR) is 71.8 cm³/mol. The van der Waals surface area contributed by atoms with E-state index in [-0.39, 0.29) is 11.4 Å². The predicted octanol–water partition coefficient (Wildman–Crippen LogP) is 2.22. The lowest BCUT2D eigenvalue weighted by molar-refractivity contribution is 0.0273. The lowest BCUT2D eigenvalue weighted by Crippen LogP contribution is -2.51. The first-order valence-corrected chi connectivity index (χ1v) is 6.33. The molecule has 0 aliphatic carbocycles. The number of rotatable bonds is 2. The van der Waals surface area contributed by atoms with E-state index < -0.39 is 0 Å². The van der Waals surface area contributed by atoms with Crippen molar-refractivity contribution >= 4 is 23.2 Å². The maximum atomic E-state index is 12.2. The van der Waals surface area contributed by atoms with Crippen LogP contribution in [0.3, 0.4) is 0 Å². The van der Waals surface area contributed by atoms with Gasteiger partial charge in [0.1, 0.15) is 0 Å². The summed E-state index contributed by atoms with van der Waals surface area (Å²) >= 11 is 5.81. The summed E-state index contributed by atoms with van der Waals surface area (Å²) in [6.45, 7) is 3.27. The van der Waals surface area contributed by atoms with Crippen molar-refractivity contribution in [2.75, 3.05) is 18.9 Å². The maximum absolute atomic E-state index is 12.2. The van der Waals surface area contributed by atoms with Gasteiger partial charge < -0.3 is 15.8 Å². The number of carbonyl (C=O) groups excluding carboxylic acids is 1. The SMILES string of the molecule is CC1(NC(=O)c2ccc(Cl)cc2N)CCCOC1. The lowest BCUT2D eigenvalue weighted by Gasteiger charge is -2.34. The average molecular weight is 269 g/mol. The molecule has 0 bridgehead atoms. The van der Waals surface area contributed by atoms with E-state index in [4.69, 9.17) is 22.1 Å². The number of carbonyl (C=O) groups is 1. The number of nitrogens with one attached hydrogen (secondary N) is 1. The molecule has 1 amide bonds. The number of hydrogen-bond acceptors (Lipinski definition) is 3. The lowest BCUT2D eigenvalue weighted by atomic mass is 9.94. The van der Waals surface area contributed by atoms with E-state index in [1.54, 1.807) is 18.2 Å². The van der Waals surface area contributed by atoms with Gasteiger partial charge in [-0.1, -0.05) is 11.6 Å². The summed E-state index contributed by atoms with van der Waals surface area (Å²) in [5.74, 6) is -0.183. The van der Waals surface area contributed by atoms with Crippen LogP contribution in [0.15, 0.2) is 18.2 Å². The number of nitrogen functional groups attached to an aromatic ring is 1. The van der Waals surface area contributed by atoms with Crippen molar-refractivity contribution < 1.29 is 9.53 Å². The Kier molecular flexibility index (Phi) is 3.78. The number of anilines is 1. The van der Waals surface area contributed by atoms with Crippen molar-refractivity contribution in [3.8, 4) is 0 Å². The number of nitrogens with two attached hydrogens (primary N) is 1. The van der Waals surface area contributed by atoms with Gasteiger partial charge in [0.25, 0.3) is 5.91 Å². The highest BCUT2D eigenvalue weighted by Gasteiger charge is 2.30. The first-order valence-electron chi connectivity index (χ1n) is 5.95. The van der Waals surface area contributed by atoms with Crippen LogP contribution in [0.25, 0.3) is 0 Å². The van der Waals surface area contributed by atoms with Crippen LogP contribution >= 0.6 is 11.6 Å². The van der Waals surface area contributed by atoms with Crippen molar-refractivity contribution in [1.29, 1.82) is 0 Å². The van der Waals surface area contributed by atoms with E-state index in [1.165, 1.54) is 0 Å². The van der Waals surface area contributed by atoms with Crippen molar-refractivity contribution in [3.63, 3.8) is 0 Å². The van der Waals surface area contributed by atoms with Gasteiger partial charge in [0.2, 0.25) is 0 Å². The number of ether oxygens (including phenoxy) is 1. The van der Waals surface area contributed by atoms with Gasteiger partial charge in [0.05, 0.1) is 17.7 Å². The van der Waals surface area contributed by atoms with Crippen LogP contribution in [-0.2, 0) is 4.74 Å². The minimum atomic E-state index is -0.318. The molecule has 0 radical (unpaired) electrons. The summed E-state index contributed by atoms with van der Waals surface area (Å²) in [5, 5.41) is 3.51. The Labute approximate surface area is 111 Å². The molecule has 3 N–H and O–H groups in total. The van der Waals surface area contributed by atoms with Crippen molar-refractivity contribution in [2.45, 2.75) is 25.3 Å². The molecule has 98 valence electrons. The van der Waals surface area contributed by atoms with Crippen LogP contribution < -0.4 is 11.1 Å². The third-order valence-electron chi connectivity index (χ3n) is 3.11. The smallest absolute Gasteiger partial charge is 0.253 e. The van der Waals surface area contributed by atoms with Crippen molar-refractivity contribution in [3.05, 3.63) is 28.8 Å². The second-order valence-electron chi connectivity index (χ2n) is 4.90. The van der Waals surface area contributed by atoms with E-state index in [0.29, 0.717) is 22.9 Å². The van der Waals surface area contributed by atoms with E-state index in [0.717, 1.165) is 19.4 Å². The molecule has 1 aliphatic rings. The Balaban J connectivity index is 2.11. The van der Waals surface area contributed by atoms with Gasteiger partial charge >= 0.3 is 0 Å². The molecule has 0 spiro atoms. The third kappa shape index (κ3) is 2.94. The zero-order chi connectivity index (χ0) is 13.2. The normalized spacial score (nSPS) is 23.7. The van der Waals surface area contributed by atoms with Crippen LogP contribution in [0.4, 0.5) is 5.69 Å². The molecule has 4 nitrogen and oxygen atoms in total. The van der Waals surface area contributed by atoms with E-state index >= 15 is 0 Å². The number of benzene rings is 1. The van der Waals surface area contributed by atoms with Gasteiger partial charge in [-0.3, -0.25) is 4.79 Å². The largest absolute Gasteiger partial charge is 0.398 e. The molecule has 1 aromatic rings. The van der Waals surface area contributed by atoms with Gasteiger partial charge in [0, 0.05) is 17.3 Å². The fourth-order valence-corrected chi connectivity index (χ4v) is 2.29. The van der Waals surface area contributed by atoms with Crippen LogP contribution in [0, 0.1) is 0 Å². The fraction of sp³-hybridized carbons (Fsp3) is 0.462. The summed E-state index contributed by atoms with van der Waals surface area (Å²) in [6.07, 6.45) is 1.86. The minimum absolute atomic E-state index is 0.183. The molecule has 1 unspecified atom stereocenters. The number of halogens is 1. The van der Waals surface area contributed by atoms with E-state index in [9.17, 15) is 4.79 Å². The summed E-state index contributed by atoms with van der Waals surface area (Å²) < 4.78 is 5.40. The topological polar surface area (TPSA) is 64.4 Å². The molecule has 5 heteroatoms. The van der Waals surface area contributed by atoms with Crippen LogP contribution in [0.5, 0.6) is 0 Å². The average Bonchev–Trinajstić information content (AvgIpc) is 2.28. The van der Waals surface area contributed by atoms with Crippen molar-refractivity contribution in [1.82, 2.24) is 5.32 Å².